The van der Waals surface area contributed by atoms with Crippen molar-refractivity contribution in [1.29, 1.82) is 0 Å². The molecular weight excluding hydrogens is 1160 g/mol. The van der Waals surface area contributed by atoms with E-state index in [2.05, 4.69) is 102 Å². The van der Waals surface area contributed by atoms with Crippen LogP contribution in [0, 0.1) is 58.2 Å². The molecule has 0 saturated heterocycles. The summed E-state index contributed by atoms with van der Waals surface area (Å²) in [5.74, 6) is 6.18. The van der Waals surface area contributed by atoms with Gasteiger partial charge in [0.15, 0.2) is 0 Å². The molecule has 4 aromatic rings. The summed E-state index contributed by atoms with van der Waals surface area (Å²) >= 11 is 0. The van der Waals surface area contributed by atoms with Crippen LogP contribution in [-0.4, -0.2) is 115 Å². The highest BCUT2D eigenvalue weighted by Gasteiger charge is 2.31. The van der Waals surface area contributed by atoms with E-state index in [-0.39, 0.29) is 56.9 Å². The zero-order valence-electron chi connectivity index (χ0n) is 61.1. The summed E-state index contributed by atoms with van der Waals surface area (Å²) in [6.07, 6.45) is 26.8. The summed E-state index contributed by atoms with van der Waals surface area (Å²) in [6, 6.07) is 39.1. The lowest BCUT2D eigenvalue weighted by Crippen LogP contribution is -2.31. The van der Waals surface area contributed by atoms with Crippen LogP contribution >= 0.6 is 0 Å². The molecular formula is C82H142O11. The second kappa shape index (κ2) is 55.3. The number of hydrogen-bond donors (Lipinski definition) is 10. The second-order valence-electron chi connectivity index (χ2n) is 30.1. The van der Waals surface area contributed by atoms with Gasteiger partial charge in [0.25, 0.3) is 0 Å². The number of ether oxygens (including phenoxy) is 1. The molecule has 0 amide bonds. The lowest BCUT2D eigenvalue weighted by Gasteiger charge is -2.35. The van der Waals surface area contributed by atoms with Crippen molar-refractivity contribution >= 4 is 0 Å². The molecule has 536 valence electrons. The fraction of sp³-hybridized carbons (Fsp3) is 0.707. The Hall–Kier alpha value is -3.72. The minimum Gasteiger partial charge on any atom is -0.491 e. The van der Waals surface area contributed by atoms with Gasteiger partial charge < -0.3 is 55.8 Å². The molecule has 0 spiro atoms. The van der Waals surface area contributed by atoms with E-state index in [1.165, 1.54) is 88.2 Å². The van der Waals surface area contributed by atoms with Crippen molar-refractivity contribution in [3.63, 3.8) is 0 Å². The summed E-state index contributed by atoms with van der Waals surface area (Å²) in [5.41, 5.74) is 4.32. The van der Waals surface area contributed by atoms with Crippen LogP contribution in [0.3, 0.4) is 0 Å². The van der Waals surface area contributed by atoms with Gasteiger partial charge in [0, 0.05) is 19.8 Å². The Labute approximate surface area is 569 Å². The van der Waals surface area contributed by atoms with E-state index < -0.39 is 0 Å². The molecule has 0 aliphatic heterocycles. The van der Waals surface area contributed by atoms with Crippen molar-refractivity contribution < 1.29 is 55.8 Å². The van der Waals surface area contributed by atoms with Gasteiger partial charge in [-0.25, -0.2) is 0 Å². The predicted octanol–water partition coefficient (Wildman–Crippen LogP) is 17.2. The van der Waals surface area contributed by atoms with Crippen molar-refractivity contribution in [3.05, 3.63) is 138 Å². The Bertz CT molecular complexity index is 2100. The molecule has 4 unspecified atom stereocenters. The molecule has 9 rings (SSSR count). The Balaban J connectivity index is 0.00000102. The van der Waals surface area contributed by atoms with E-state index in [0.29, 0.717) is 53.6 Å². The molecule has 0 heterocycles. The highest BCUT2D eigenvalue weighted by atomic mass is 16.5. The van der Waals surface area contributed by atoms with Gasteiger partial charge in [-0.2, -0.15) is 0 Å². The Morgan fingerprint density at radius 1 is 0.419 bits per heavy atom. The Morgan fingerprint density at radius 2 is 0.806 bits per heavy atom. The molecule has 7 atom stereocenters. The molecule has 4 aromatic carbocycles. The topological polar surface area (TPSA) is 212 Å². The molecule has 11 nitrogen and oxygen atoms in total. The standard InChI is InChI=1S/3C10H20O.C9H12O.C9H20O.C8H10O2.C8H10O.C7H8O.C6H12O.C5H10O/c1-10(2,3)8-4-6-9(11)7-5-8;2*1-7(2)9-5-4-8(3)6-10(9)11;10-8-4-7-9-5-2-1-3-6-9;1-8(5-6-10)7-9(2,3)4;9-6-7-10-8-4-2-1-3-5-8;9-7-6-8-4-2-1-3-5-8;8-6-7-4-2-1-3-5-7;7-6-4-2-1-3-5-6;6-5-3-1-2-4-5/h8-9,11H,4-7H2,1-3H3;2*7-11H,4-6H2,1-3H3;1-3,5-6,10H,4,7-8H2;8,10H,5-7H2,1-4H3;1-5,9H,6-7H2;1-5,9H,6-7H2;1-5,8H,6H2;6-7H,1-5H2;5-6H,1-4H2/t;8-,9+,10-;;;;;;;;/m.1......../s1. The predicted molar refractivity (Wildman–Crippen MR) is 391 cm³/mol. The smallest absolute Gasteiger partial charge is 0.119 e. The third kappa shape index (κ3) is 50.3. The van der Waals surface area contributed by atoms with Gasteiger partial charge in [0.2, 0.25) is 0 Å². The normalized spacial score (nSPS) is 22.3. The van der Waals surface area contributed by atoms with E-state index in [9.17, 15) is 15.3 Å². The van der Waals surface area contributed by atoms with Gasteiger partial charge in [-0.15, -0.1) is 0 Å². The van der Waals surface area contributed by atoms with E-state index >= 15 is 0 Å². The fourth-order valence-electron chi connectivity index (χ4n) is 12.6. The van der Waals surface area contributed by atoms with Crippen molar-refractivity contribution in [2.24, 2.45) is 58.2 Å². The average molecular weight is 1300 g/mol. The lowest BCUT2D eigenvalue weighted by atomic mass is 9.72. The summed E-state index contributed by atoms with van der Waals surface area (Å²) < 4.78 is 5.11. The Morgan fingerprint density at radius 3 is 1.12 bits per heavy atom. The van der Waals surface area contributed by atoms with Crippen LogP contribution in [0.4, 0.5) is 0 Å². The molecule has 0 radical (unpaired) electrons. The maximum atomic E-state index is 9.71. The average Bonchev–Trinajstić information content (AvgIpc) is 2.35. The molecule has 93 heavy (non-hydrogen) atoms. The van der Waals surface area contributed by atoms with Gasteiger partial charge >= 0.3 is 0 Å². The highest BCUT2D eigenvalue weighted by Crippen LogP contribution is 2.38. The van der Waals surface area contributed by atoms with Gasteiger partial charge in [-0.1, -0.05) is 244 Å². The van der Waals surface area contributed by atoms with Gasteiger partial charge in [0.05, 0.1) is 43.7 Å². The van der Waals surface area contributed by atoms with Gasteiger partial charge in [0.1, 0.15) is 12.4 Å². The van der Waals surface area contributed by atoms with Crippen LogP contribution in [0.2, 0.25) is 0 Å². The molecule has 5 fully saturated rings. The molecule has 10 N–H and O–H groups in total. The van der Waals surface area contributed by atoms with Crippen LogP contribution in [0.15, 0.2) is 121 Å². The number of hydrogen-bond acceptors (Lipinski definition) is 11. The summed E-state index contributed by atoms with van der Waals surface area (Å²) in [6.45, 7) is 30.6. The number of benzene rings is 4. The lowest BCUT2D eigenvalue weighted by molar-refractivity contribution is 0.0263. The van der Waals surface area contributed by atoms with E-state index in [0.717, 1.165) is 106 Å². The summed E-state index contributed by atoms with van der Waals surface area (Å²) in [4.78, 5) is 0. The van der Waals surface area contributed by atoms with E-state index in [1.54, 1.807) is 0 Å². The number of aryl methyl sites for hydroxylation is 1. The molecule has 0 bridgehead atoms. The maximum absolute atomic E-state index is 9.71. The van der Waals surface area contributed by atoms with Crippen LogP contribution < -0.4 is 4.74 Å². The summed E-state index contributed by atoms with van der Waals surface area (Å²) in [7, 11) is 0. The van der Waals surface area contributed by atoms with Crippen molar-refractivity contribution in [2.75, 3.05) is 33.0 Å². The number of rotatable bonds is 14. The number of para-hydroxylation sites is 1. The summed E-state index contributed by atoms with van der Waals surface area (Å²) in [5, 5.41) is 89.0. The molecule has 11 heteroatoms. The minimum absolute atomic E-state index is 0.00593. The van der Waals surface area contributed by atoms with Crippen LogP contribution in [-0.2, 0) is 19.4 Å². The maximum Gasteiger partial charge on any atom is 0.119 e. The first-order valence-electron chi connectivity index (χ1n) is 36.4. The van der Waals surface area contributed by atoms with E-state index in [4.69, 9.17) is 40.5 Å². The third-order valence-electron chi connectivity index (χ3n) is 18.2. The molecule has 0 aromatic heterocycles. The minimum atomic E-state index is -0.0289. The van der Waals surface area contributed by atoms with Crippen LogP contribution in [0.25, 0.3) is 0 Å². The number of aliphatic hydroxyl groups is 10. The van der Waals surface area contributed by atoms with E-state index in [1.807, 2.05) is 109 Å². The van der Waals surface area contributed by atoms with Gasteiger partial charge in [-0.05, 0) is 196 Å². The first kappa shape index (κ1) is 89.3. The molecule has 5 aliphatic rings. The zero-order valence-corrected chi connectivity index (χ0v) is 61.1. The van der Waals surface area contributed by atoms with Crippen molar-refractivity contribution in [3.8, 4) is 5.75 Å². The largest absolute Gasteiger partial charge is 0.491 e. The van der Waals surface area contributed by atoms with Crippen LogP contribution in [0.1, 0.15) is 248 Å². The zero-order chi connectivity index (χ0) is 69.9. The van der Waals surface area contributed by atoms with Crippen LogP contribution in [0.5, 0.6) is 5.75 Å². The quantitative estimate of drug-likeness (QED) is 0.0574. The van der Waals surface area contributed by atoms with Gasteiger partial charge in [-0.3, -0.25) is 0 Å². The SMILES string of the molecule is CC(C)(C)C1CCC(O)CC1.CC(C)[C@@H]1CC[C@@H](C)C[C@H]1O.CC(CCO)CC(C)(C)C.CC1CCC(C(C)C)C(O)C1.OC1CCCC1.OC1CCCCC1.OCCCc1ccccc1.OCCOc1ccccc1.OCCc1ccccc1.OCc1ccccc1. The Kier molecular flexibility index (Phi) is 53.1. The first-order valence-corrected chi connectivity index (χ1v) is 36.4. The third-order valence-corrected chi connectivity index (χ3v) is 18.2. The van der Waals surface area contributed by atoms with Crippen molar-refractivity contribution in [1.82, 2.24) is 0 Å². The highest BCUT2D eigenvalue weighted by molar-refractivity contribution is 5.21. The monoisotopic (exact) mass is 1300 g/mol. The van der Waals surface area contributed by atoms with Crippen molar-refractivity contribution in [2.45, 2.75) is 281 Å². The number of aliphatic hydroxyl groups excluding tert-OH is 10. The first-order chi connectivity index (χ1) is 44.2. The fourth-order valence-corrected chi connectivity index (χ4v) is 12.6. The molecule has 5 saturated carbocycles. The molecule has 5 aliphatic carbocycles. The second-order valence-corrected chi connectivity index (χ2v) is 30.1.